The highest BCUT2D eigenvalue weighted by molar-refractivity contribution is 7.88. The highest BCUT2D eigenvalue weighted by atomic mass is 32.2. The lowest BCUT2D eigenvalue weighted by Gasteiger charge is -2.41. The summed E-state index contributed by atoms with van der Waals surface area (Å²) in [4.78, 5) is 11.4. The molecule has 32 heavy (non-hydrogen) atoms. The van der Waals surface area contributed by atoms with Crippen molar-refractivity contribution in [3.63, 3.8) is 0 Å². The smallest absolute Gasteiger partial charge is 0.332 e. The maximum absolute atomic E-state index is 12.7. The summed E-state index contributed by atoms with van der Waals surface area (Å²) in [5.41, 5.74) is 0.280. The van der Waals surface area contributed by atoms with Crippen molar-refractivity contribution in [3.05, 3.63) is 23.8 Å². The van der Waals surface area contributed by atoms with E-state index in [4.69, 9.17) is 18.9 Å². The molecule has 1 aliphatic rings. The van der Waals surface area contributed by atoms with Crippen LogP contribution in [-0.4, -0.2) is 63.5 Å². The van der Waals surface area contributed by atoms with E-state index in [1.807, 2.05) is 32.0 Å². The van der Waals surface area contributed by atoms with Crippen molar-refractivity contribution >= 4 is 16.0 Å². The Kier molecular flexibility index (Phi) is 9.79. The summed E-state index contributed by atoms with van der Waals surface area (Å²) in [6, 6.07) is 5.22. The number of benzene rings is 1. The third-order valence-corrected chi connectivity index (χ3v) is 6.43. The summed E-state index contributed by atoms with van der Waals surface area (Å²) in [5, 5.41) is 0. The van der Waals surface area contributed by atoms with Crippen molar-refractivity contribution in [1.82, 2.24) is 4.31 Å². The summed E-state index contributed by atoms with van der Waals surface area (Å²) >= 11 is 0. The number of fused-ring (bicyclic) bond motifs is 1. The minimum absolute atomic E-state index is 0.141. The molecule has 2 rings (SSSR count). The van der Waals surface area contributed by atoms with E-state index in [2.05, 4.69) is 6.92 Å². The molecule has 1 heterocycles. The van der Waals surface area contributed by atoms with Gasteiger partial charge < -0.3 is 18.9 Å². The molecule has 1 aromatic carbocycles. The minimum Gasteiger partial charge on any atom is -0.494 e. The molecule has 0 amide bonds. The van der Waals surface area contributed by atoms with Crippen LogP contribution >= 0.6 is 0 Å². The van der Waals surface area contributed by atoms with Gasteiger partial charge in [0.15, 0.2) is 0 Å². The number of hydrogen-bond donors (Lipinski definition) is 0. The number of rotatable bonds is 13. The molecule has 1 aliphatic heterocycles. The normalized spacial score (nSPS) is 17.5. The SMILES string of the molecule is CCCCOc1ccc2c(c1)C(N(CCCOCC(=O)OCC)S(C)(=O)=O)CC(C)(C)O2. The van der Waals surface area contributed by atoms with Gasteiger partial charge in [0.1, 0.15) is 23.7 Å². The molecule has 1 aromatic rings. The maximum atomic E-state index is 12.7. The predicted octanol–water partition coefficient (Wildman–Crippen LogP) is 3.70. The lowest BCUT2D eigenvalue weighted by Crippen LogP contribution is -2.44. The Morgan fingerprint density at radius 1 is 1.22 bits per heavy atom. The Morgan fingerprint density at radius 3 is 2.62 bits per heavy atom. The number of carbonyl (C=O) groups excluding carboxylic acids is 1. The Labute approximate surface area is 192 Å². The van der Waals surface area contributed by atoms with Crippen molar-refractivity contribution in [2.75, 3.05) is 39.2 Å². The first kappa shape index (κ1) is 26.4. The fourth-order valence-electron chi connectivity index (χ4n) is 3.71. The maximum Gasteiger partial charge on any atom is 0.332 e. The van der Waals surface area contributed by atoms with Gasteiger partial charge in [-0.1, -0.05) is 13.3 Å². The van der Waals surface area contributed by atoms with Crippen molar-refractivity contribution in [2.24, 2.45) is 0 Å². The van der Waals surface area contributed by atoms with Crippen molar-refractivity contribution < 1.29 is 32.2 Å². The molecular formula is C23H37NO7S. The van der Waals surface area contributed by atoms with E-state index in [0.717, 1.165) is 18.4 Å². The van der Waals surface area contributed by atoms with E-state index in [1.165, 1.54) is 10.6 Å². The summed E-state index contributed by atoms with van der Waals surface area (Å²) in [6.07, 6.45) is 4.16. The lowest BCUT2D eigenvalue weighted by atomic mass is 9.89. The third kappa shape index (κ3) is 7.94. The fraction of sp³-hybridized carbons (Fsp3) is 0.696. The van der Waals surface area contributed by atoms with Crippen LogP contribution in [0.15, 0.2) is 18.2 Å². The third-order valence-electron chi connectivity index (χ3n) is 5.14. The van der Waals surface area contributed by atoms with Crippen LogP contribution in [0.3, 0.4) is 0 Å². The van der Waals surface area contributed by atoms with Gasteiger partial charge in [-0.3, -0.25) is 0 Å². The average molecular weight is 472 g/mol. The van der Waals surface area contributed by atoms with E-state index >= 15 is 0 Å². The molecule has 0 radical (unpaired) electrons. The zero-order valence-electron chi connectivity index (χ0n) is 19.9. The molecule has 0 spiro atoms. The standard InChI is InChI=1S/C23H37NO7S/c1-6-8-14-30-18-10-11-21-19(15-18)20(16-23(3,4)31-21)24(32(5,26)27)12-9-13-28-17-22(25)29-7-2/h10-11,15,20H,6-9,12-14,16-17H2,1-5H3. The van der Waals surface area contributed by atoms with Gasteiger partial charge in [0.2, 0.25) is 10.0 Å². The Balaban J connectivity index is 2.18. The molecular weight excluding hydrogens is 434 g/mol. The molecule has 1 atom stereocenters. The van der Waals surface area contributed by atoms with Gasteiger partial charge >= 0.3 is 5.97 Å². The topological polar surface area (TPSA) is 91.4 Å². The lowest BCUT2D eigenvalue weighted by molar-refractivity contribution is -0.148. The number of sulfonamides is 1. The van der Waals surface area contributed by atoms with Gasteiger partial charge in [0.25, 0.3) is 0 Å². The van der Waals surface area contributed by atoms with Gasteiger partial charge in [-0.15, -0.1) is 0 Å². The van der Waals surface area contributed by atoms with Crippen molar-refractivity contribution in [1.29, 1.82) is 0 Å². The highest BCUT2D eigenvalue weighted by Gasteiger charge is 2.40. The second-order valence-electron chi connectivity index (χ2n) is 8.57. The molecule has 9 heteroatoms. The molecule has 182 valence electrons. The molecule has 0 aromatic heterocycles. The first-order chi connectivity index (χ1) is 15.1. The van der Waals surface area contributed by atoms with Crippen LogP contribution in [0.5, 0.6) is 11.5 Å². The minimum atomic E-state index is -3.51. The van der Waals surface area contributed by atoms with Crippen LogP contribution in [0.1, 0.15) is 65.0 Å². The zero-order chi connectivity index (χ0) is 23.8. The Bertz CT molecular complexity index is 854. The zero-order valence-corrected chi connectivity index (χ0v) is 20.7. The molecule has 1 unspecified atom stereocenters. The van der Waals surface area contributed by atoms with E-state index in [1.54, 1.807) is 6.92 Å². The van der Waals surface area contributed by atoms with E-state index < -0.39 is 21.6 Å². The summed E-state index contributed by atoms with van der Waals surface area (Å²) in [6.45, 7) is 9.03. The van der Waals surface area contributed by atoms with Gasteiger partial charge in [0, 0.05) is 25.1 Å². The second kappa shape index (κ2) is 11.9. The van der Waals surface area contributed by atoms with E-state index in [9.17, 15) is 13.2 Å². The van der Waals surface area contributed by atoms with Gasteiger partial charge in [-0.05, 0) is 51.8 Å². The molecule has 0 bridgehead atoms. The molecule has 0 N–H and O–H groups in total. The number of unbranched alkanes of at least 4 members (excludes halogenated alkanes) is 1. The summed E-state index contributed by atoms with van der Waals surface area (Å²) in [5.74, 6) is 0.946. The number of nitrogens with zero attached hydrogens (tertiary/aromatic N) is 1. The van der Waals surface area contributed by atoms with E-state index in [-0.39, 0.29) is 25.8 Å². The largest absolute Gasteiger partial charge is 0.494 e. The highest BCUT2D eigenvalue weighted by Crippen LogP contribution is 2.44. The number of hydrogen-bond acceptors (Lipinski definition) is 7. The van der Waals surface area contributed by atoms with E-state index in [0.29, 0.717) is 37.6 Å². The predicted molar refractivity (Wildman–Crippen MR) is 123 cm³/mol. The molecule has 0 fully saturated rings. The number of esters is 1. The number of carbonyl (C=O) groups is 1. The molecule has 0 saturated heterocycles. The monoisotopic (exact) mass is 471 g/mol. The summed E-state index contributed by atoms with van der Waals surface area (Å²) < 4.78 is 49.1. The first-order valence-electron chi connectivity index (χ1n) is 11.2. The molecule has 0 aliphatic carbocycles. The summed E-state index contributed by atoms with van der Waals surface area (Å²) in [7, 11) is -3.51. The van der Waals surface area contributed by atoms with Crippen LogP contribution in [0, 0.1) is 0 Å². The second-order valence-corrected chi connectivity index (χ2v) is 10.5. The molecule has 0 saturated carbocycles. The van der Waals surface area contributed by atoms with Crippen LogP contribution < -0.4 is 9.47 Å². The van der Waals surface area contributed by atoms with Crippen LogP contribution in [0.2, 0.25) is 0 Å². The quantitative estimate of drug-likeness (QED) is 0.320. The Morgan fingerprint density at radius 2 is 1.97 bits per heavy atom. The number of ether oxygens (including phenoxy) is 4. The van der Waals surface area contributed by atoms with Gasteiger partial charge in [0.05, 0.1) is 25.5 Å². The van der Waals surface area contributed by atoms with Crippen molar-refractivity contribution in [3.8, 4) is 11.5 Å². The first-order valence-corrected chi connectivity index (χ1v) is 13.1. The van der Waals surface area contributed by atoms with Crippen LogP contribution in [0.4, 0.5) is 0 Å². The average Bonchev–Trinajstić information content (AvgIpc) is 2.69. The molecule has 8 nitrogen and oxygen atoms in total. The van der Waals surface area contributed by atoms with Crippen LogP contribution in [-0.2, 0) is 24.3 Å². The Hall–Kier alpha value is -1.84. The van der Waals surface area contributed by atoms with Crippen LogP contribution in [0.25, 0.3) is 0 Å². The van der Waals surface area contributed by atoms with Gasteiger partial charge in [-0.25, -0.2) is 13.2 Å². The fourth-order valence-corrected chi connectivity index (χ4v) is 4.82. The van der Waals surface area contributed by atoms with Crippen molar-refractivity contribution in [2.45, 2.75) is 65.0 Å². The van der Waals surface area contributed by atoms with Gasteiger partial charge in [-0.2, -0.15) is 4.31 Å².